The van der Waals surface area contributed by atoms with E-state index in [2.05, 4.69) is 10.3 Å². The van der Waals surface area contributed by atoms with Gasteiger partial charge in [0.15, 0.2) is 5.76 Å². The Morgan fingerprint density at radius 1 is 1.04 bits per heavy atom. The minimum Gasteiger partial charge on any atom is -0.431 e. The van der Waals surface area contributed by atoms with E-state index in [1.165, 1.54) is 18.2 Å². The number of rotatable bonds is 6. The molecule has 3 aromatic rings. The second-order valence-electron chi connectivity index (χ2n) is 6.37. The molecule has 26 heavy (non-hydrogen) atoms. The lowest BCUT2D eigenvalue weighted by Crippen LogP contribution is -2.40. The summed E-state index contributed by atoms with van der Waals surface area (Å²) in [4.78, 5) is 16.7. The molecule has 5 heteroatoms. The molecule has 0 aliphatic heterocycles. The maximum Gasteiger partial charge on any atom is 0.257 e. The third kappa shape index (κ3) is 3.83. The minimum absolute atomic E-state index is 0.0421. The number of carbonyl (C=O) groups excluding carboxylic acids is 1. The molecule has 2 aromatic carbocycles. The van der Waals surface area contributed by atoms with Gasteiger partial charge in [-0.2, -0.15) is 0 Å². The van der Waals surface area contributed by atoms with Crippen molar-refractivity contribution in [3.63, 3.8) is 0 Å². The molecule has 1 amide bonds. The van der Waals surface area contributed by atoms with Gasteiger partial charge in [-0.1, -0.05) is 72.4 Å². The Hall–Kier alpha value is -2.53. The molecule has 1 saturated carbocycles. The summed E-state index contributed by atoms with van der Waals surface area (Å²) in [5.41, 5.74) is 2.78. The number of thioether (sulfide) groups is 1. The Balaban J connectivity index is 1.56. The van der Waals surface area contributed by atoms with Gasteiger partial charge in [-0.05, 0) is 19.3 Å². The third-order valence-corrected chi connectivity index (χ3v) is 5.32. The van der Waals surface area contributed by atoms with Crippen molar-refractivity contribution in [3.8, 4) is 22.6 Å². The predicted molar refractivity (Wildman–Crippen MR) is 104 cm³/mol. The van der Waals surface area contributed by atoms with Gasteiger partial charge in [0.1, 0.15) is 5.69 Å². The first-order valence-corrected chi connectivity index (χ1v) is 9.82. The van der Waals surface area contributed by atoms with E-state index >= 15 is 0 Å². The first-order chi connectivity index (χ1) is 12.8. The molecule has 1 fully saturated rings. The number of oxazole rings is 1. The summed E-state index contributed by atoms with van der Waals surface area (Å²) in [7, 11) is 0. The Bertz CT molecular complexity index is 817. The molecule has 1 aliphatic rings. The Morgan fingerprint density at radius 2 is 1.69 bits per heavy atom. The summed E-state index contributed by atoms with van der Waals surface area (Å²) in [6, 6.07) is 20.3. The van der Waals surface area contributed by atoms with Gasteiger partial charge in [-0.15, -0.1) is 0 Å². The zero-order valence-corrected chi connectivity index (χ0v) is 15.2. The van der Waals surface area contributed by atoms with Crippen molar-refractivity contribution in [2.45, 2.75) is 30.5 Å². The fourth-order valence-corrected chi connectivity index (χ4v) is 3.52. The summed E-state index contributed by atoms with van der Waals surface area (Å²) in [6.45, 7) is 0. The SMILES string of the molecule is O=C(CSc1nc(-c2ccccc2)c(-c2ccccc2)o1)NC1CCC1. The van der Waals surface area contributed by atoms with Gasteiger partial charge in [0.25, 0.3) is 5.22 Å². The maximum absolute atomic E-state index is 12.0. The van der Waals surface area contributed by atoms with Crippen LogP contribution in [0.25, 0.3) is 22.6 Å². The number of amides is 1. The summed E-state index contributed by atoms with van der Waals surface area (Å²) >= 11 is 1.34. The fourth-order valence-electron chi connectivity index (χ4n) is 2.89. The van der Waals surface area contributed by atoms with Crippen LogP contribution in [0.2, 0.25) is 0 Å². The van der Waals surface area contributed by atoms with Crippen LogP contribution in [-0.2, 0) is 4.79 Å². The maximum atomic E-state index is 12.0. The molecule has 1 aromatic heterocycles. The Kier molecular flexibility index (Phi) is 5.07. The number of hydrogen-bond acceptors (Lipinski definition) is 4. The normalized spacial score (nSPS) is 14.0. The van der Waals surface area contributed by atoms with Gasteiger partial charge >= 0.3 is 0 Å². The van der Waals surface area contributed by atoms with E-state index in [1.54, 1.807) is 0 Å². The average Bonchev–Trinajstić information content (AvgIpc) is 3.09. The standard InChI is InChI=1S/C21H20N2O2S/c24-18(22-17-12-7-13-17)14-26-21-23-19(15-8-3-1-4-9-15)20(25-21)16-10-5-2-6-11-16/h1-6,8-11,17H,7,12-14H2,(H,22,24). The molecule has 0 unspecified atom stereocenters. The Labute approximate surface area is 157 Å². The smallest absolute Gasteiger partial charge is 0.257 e. The third-order valence-electron chi connectivity index (χ3n) is 4.49. The van der Waals surface area contributed by atoms with Gasteiger partial charge in [-0.3, -0.25) is 4.79 Å². The quantitative estimate of drug-likeness (QED) is 0.640. The van der Waals surface area contributed by atoms with Crippen LogP contribution in [0.5, 0.6) is 0 Å². The lowest BCUT2D eigenvalue weighted by Gasteiger charge is -2.26. The highest BCUT2D eigenvalue weighted by molar-refractivity contribution is 7.99. The topological polar surface area (TPSA) is 55.1 Å². The van der Waals surface area contributed by atoms with Crippen LogP contribution in [-0.4, -0.2) is 22.7 Å². The van der Waals surface area contributed by atoms with Crippen molar-refractivity contribution in [1.29, 1.82) is 0 Å². The van der Waals surface area contributed by atoms with E-state index in [4.69, 9.17) is 4.42 Å². The van der Waals surface area contributed by atoms with Crippen LogP contribution in [0.15, 0.2) is 70.3 Å². The number of nitrogens with one attached hydrogen (secondary N) is 1. The van der Waals surface area contributed by atoms with E-state index < -0.39 is 0 Å². The van der Waals surface area contributed by atoms with Gasteiger partial charge in [0.05, 0.1) is 5.75 Å². The summed E-state index contributed by atoms with van der Waals surface area (Å²) in [5, 5.41) is 3.56. The van der Waals surface area contributed by atoms with Crippen LogP contribution in [0, 0.1) is 0 Å². The van der Waals surface area contributed by atoms with Crippen molar-refractivity contribution in [1.82, 2.24) is 10.3 Å². The van der Waals surface area contributed by atoms with Crippen LogP contribution in [0.3, 0.4) is 0 Å². The van der Waals surface area contributed by atoms with Crippen LogP contribution in [0.1, 0.15) is 19.3 Å². The average molecular weight is 364 g/mol. The van der Waals surface area contributed by atoms with Gasteiger partial charge in [0, 0.05) is 17.2 Å². The predicted octanol–water partition coefficient (Wildman–Crippen LogP) is 4.77. The van der Waals surface area contributed by atoms with Gasteiger partial charge in [0.2, 0.25) is 5.91 Å². The molecule has 4 nitrogen and oxygen atoms in total. The van der Waals surface area contributed by atoms with Gasteiger partial charge in [-0.25, -0.2) is 4.98 Å². The highest BCUT2D eigenvalue weighted by Gasteiger charge is 2.21. The molecule has 132 valence electrons. The van der Waals surface area contributed by atoms with Gasteiger partial charge < -0.3 is 9.73 Å². The van der Waals surface area contributed by atoms with Crippen LogP contribution in [0.4, 0.5) is 0 Å². The van der Waals surface area contributed by atoms with E-state index in [-0.39, 0.29) is 5.91 Å². The van der Waals surface area contributed by atoms with E-state index in [0.717, 1.165) is 35.4 Å². The van der Waals surface area contributed by atoms with Crippen LogP contribution >= 0.6 is 11.8 Å². The van der Waals surface area contributed by atoms with Crippen molar-refractivity contribution >= 4 is 17.7 Å². The van der Waals surface area contributed by atoms with Crippen molar-refractivity contribution < 1.29 is 9.21 Å². The molecule has 0 radical (unpaired) electrons. The highest BCUT2D eigenvalue weighted by atomic mass is 32.2. The lowest BCUT2D eigenvalue weighted by molar-refractivity contribution is -0.119. The van der Waals surface area contributed by atoms with Crippen molar-refractivity contribution in [2.24, 2.45) is 0 Å². The molecule has 1 aliphatic carbocycles. The lowest BCUT2D eigenvalue weighted by atomic mass is 9.93. The minimum atomic E-state index is 0.0421. The molecule has 0 atom stereocenters. The molecule has 0 spiro atoms. The summed E-state index contributed by atoms with van der Waals surface area (Å²) < 4.78 is 6.02. The second-order valence-corrected chi connectivity index (χ2v) is 7.30. The number of hydrogen-bond donors (Lipinski definition) is 1. The molecule has 0 bridgehead atoms. The van der Waals surface area contributed by atoms with E-state index in [9.17, 15) is 4.79 Å². The van der Waals surface area contributed by atoms with Crippen LogP contribution < -0.4 is 5.32 Å². The van der Waals surface area contributed by atoms with Crippen molar-refractivity contribution in [3.05, 3.63) is 60.7 Å². The number of nitrogens with zero attached hydrogens (tertiary/aromatic N) is 1. The van der Waals surface area contributed by atoms with E-state index in [1.807, 2.05) is 60.7 Å². The molecular weight excluding hydrogens is 344 g/mol. The molecule has 0 saturated heterocycles. The molecular formula is C21H20N2O2S. The molecule has 1 N–H and O–H groups in total. The zero-order chi connectivity index (χ0) is 17.8. The number of aromatic nitrogens is 1. The monoisotopic (exact) mass is 364 g/mol. The van der Waals surface area contributed by atoms with Crippen molar-refractivity contribution in [2.75, 3.05) is 5.75 Å². The second kappa shape index (κ2) is 7.79. The number of carbonyl (C=O) groups is 1. The Morgan fingerprint density at radius 3 is 2.31 bits per heavy atom. The fraction of sp³-hybridized carbons (Fsp3) is 0.238. The largest absolute Gasteiger partial charge is 0.431 e. The van der Waals surface area contributed by atoms with E-state index in [0.29, 0.717) is 17.0 Å². The molecule has 1 heterocycles. The first-order valence-electron chi connectivity index (χ1n) is 8.83. The highest BCUT2D eigenvalue weighted by Crippen LogP contribution is 2.35. The summed E-state index contributed by atoms with van der Waals surface area (Å²) in [5.74, 6) is 1.10. The summed E-state index contributed by atoms with van der Waals surface area (Å²) in [6.07, 6.45) is 3.39. The number of benzene rings is 2. The molecule has 4 rings (SSSR count). The zero-order valence-electron chi connectivity index (χ0n) is 14.4. The first kappa shape index (κ1) is 16.9.